The van der Waals surface area contributed by atoms with Gasteiger partial charge in [0.2, 0.25) is 0 Å². The van der Waals surface area contributed by atoms with Crippen LogP contribution >= 0.6 is 11.3 Å². The summed E-state index contributed by atoms with van der Waals surface area (Å²) >= 11 is 1.74. The predicted molar refractivity (Wildman–Crippen MR) is 87.8 cm³/mol. The smallest absolute Gasteiger partial charge is 0.254 e. The second kappa shape index (κ2) is 5.85. The van der Waals surface area contributed by atoms with Gasteiger partial charge in [-0.15, -0.1) is 11.3 Å². The summed E-state index contributed by atoms with van der Waals surface area (Å²) in [4.78, 5) is 15.8. The van der Waals surface area contributed by atoms with Crippen molar-refractivity contribution in [1.29, 1.82) is 0 Å². The molecule has 1 aromatic carbocycles. The number of sulfone groups is 1. The van der Waals surface area contributed by atoms with Gasteiger partial charge in [0.05, 0.1) is 5.75 Å². The fraction of sp³-hybridized carbons (Fsp3) is 0.312. The minimum atomic E-state index is -3.10. The molecule has 0 N–H and O–H groups in total. The van der Waals surface area contributed by atoms with E-state index in [0.717, 1.165) is 6.42 Å². The summed E-state index contributed by atoms with van der Waals surface area (Å²) in [7, 11) is -3.10. The van der Waals surface area contributed by atoms with Gasteiger partial charge in [-0.05, 0) is 41.1 Å². The van der Waals surface area contributed by atoms with E-state index in [9.17, 15) is 13.2 Å². The van der Waals surface area contributed by atoms with Crippen LogP contribution in [0.5, 0.6) is 0 Å². The fourth-order valence-electron chi connectivity index (χ4n) is 2.70. The van der Waals surface area contributed by atoms with Gasteiger partial charge in [-0.25, -0.2) is 8.42 Å². The Morgan fingerprint density at radius 1 is 1.32 bits per heavy atom. The van der Waals surface area contributed by atoms with Gasteiger partial charge in [0.1, 0.15) is 0 Å². The van der Waals surface area contributed by atoms with E-state index in [0.29, 0.717) is 24.2 Å². The number of benzene rings is 1. The van der Waals surface area contributed by atoms with Gasteiger partial charge in [-0.3, -0.25) is 4.79 Å². The molecule has 0 aliphatic carbocycles. The van der Waals surface area contributed by atoms with E-state index in [1.54, 1.807) is 35.6 Å². The summed E-state index contributed by atoms with van der Waals surface area (Å²) in [5.41, 5.74) is 2.43. The van der Waals surface area contributed by atoms with Crippen molar-refractivity contribution < 1.29 is 13.2 Å². The molecule has 0 bridgehead atoms. The predicted octanol–water partition coefficient (Wildman–Crippen LogP) is 2.49. The first-order valence-corrected chi connectivity index (χ1v) is 9.97. The lowest BCUT2D eigenvalue weighted by Crippen LogP contribution is -2.35. The van der Waals surface area contributed by atoms with Crippen molar-refractivity contribution in [3.05, 3.63) is 57.3 Å². The van der Waals surface area contributed by atoms with E-state index in [1.807, 2.05) is 4.90 Å². The number of hydrogen-bond acceptors (Lipinski definition) is 4. The van der Waals surface area contributed by atoms with Crippen molar-refractivity contribution in [2.45, 2.75) is 18.7 Å². The number of rotatable bonds is 3. The maximum absolute atomic E-state index is 12.6. The van der Waals surface area contributed by atoms with Crippen LogP contribution in [0, 0.1) is 0 Å². The number of carbonyl (C=O) groups is 1. The lowest BCUT2D eigenvalue weighted by molar-refractivity contribution is 0.0735. The van der Waals surface area contributed by atoms with Gasteiger partial charge < -0.3 is 4.90 Å². The zero-order valence-electron chi connectivity index (χ0n) is 12.3. The molecule has 1 aromatic heterocycles. The SMILES string of the molecule is CS(=O)(=O)Cc1cccc(C(=O)N2CCc3sccc3C2)c1. The van der Waals surface area contributed by atoms with E-state index >= 15 is 0 Å². The monoisotopic (exact) mass is 335 g/mol. The van der Waals surface area contributed by atoms with Crippen molar-refractivity contribution in [2.24, 2.45) is 0 Å². The number of nitrogens with zero attached hydrogens (tertiary/aromatic N) is 1. The molecule has 0 radical (unpaired) electrons. The Balaban J connectivity index is 1.80. The zero-order chi connectivity index (χ0) is 15.7. The fourth-order valence-corrected chi connectivity index (χ4v) is 4.38. The van der Waals surface area contributed by atoms with Crippen LogP contribution in [-0.4, -0.2) is 32.0 Å². The summed E-state index contributed by atoms with van der Waals surface area (Å²) in [6.07, 6.45) is 2.09. The first kappa shape index (κ1) is 15.2. The molecule has 0 unspecified atom stereocenters. The summed E-state index contributed by atoms with van der Waals surface area (Å²) < 4.78 is 22.8. The Labute approximate surface area is 134 Å². The minimum Gasteiger partial charge on any atom is -0.334 e. The second-order valence-corrected chi connectivity index (χ2v) is 8.76. The maximum atomic E-state index is 12.6. The molecular weight excluding hydrogens is 318 g/mol. The van der Waals surface area contributed by atoms with E-state index < -0.39 is 9.84 Å². The lowest BCUT2D eigenvalue weighted by atomic mass is 10.1. The van der Waals surface area contributed by atoms with Crippen molar-refractivity contribution in [1.82, 2.24) is 4.90 Å². The average Bonchev–Trinajstić information content (AvgIpc) is 2.92. The molecule has 1 aliphatic heterocycles. The summed E-state index contributed by atoms with van der Waals surface area (Å²) in [6, 6.07) is 8.99. The largest absolute Gasteiger partial charge is 0.334 e. The molecule has 0 saturated carbocycles. The quantitative estimate of drug-likeness (QED) is 0.866. The van der Waals surface area contributed by atoms with Crippen LogP contribution < -0.4 is 0 Å². The number of fused-ring (bicyclic) bond motifs is 1. The number of thiophene rings is 1. The molecule has 4 nitrogen and oxygen atoms in total. The molecule has 1 aliphatic rings. The van der Waals surface area contributed by atoms with Crippen molar-refractivity contribution in [2.75, 3.05) is 12.8 Å². The minimum absolute atomic E-state index is 0.0350. The van der Waals surface area contributed by atoms with Crippen molar-refractivity contribution in [3.8, 4) is 0 Å². The van der Waals surface area contributed by atoms with Gasteiger partial charge in [-0.1, -0.05) is 12.1 Å². The molecule has 0 fully saturated rings. The van der Waals surface area contributed by atoms with Crippen LogP contribution in [0.4, 0.5) is 0 Å². The maximum Gasteiger partial charge on any atom is 0.254 e. The van der Waals surface area contributed by atoms with E-state index in [2.05, 4.69) is 11.4 Å². The first-order valence-electron chi connectivity index (χ1n) is 7.03. The van der Waals surface area contributed by atoms with Crippen molar-refractivity contribution in [3.63, 3.8) is 0 Å². The number of carbonyl (C=O) groups excluding carboxylic acids is 1. The molecule has 2 heterocycles. The van der Waals surface area contributed by atoms with Gasteiger partial charge in [0.15, 0.2) is 9.84 Å². The number of hydrogen-bond donors (Lipinski definition) is 0. The van der Waals surface area contributed by atoms with Gasteiger partial charge in [0.25, 0.3) is 5.91 Å². The second-order valence-electron chi connectivity index (χ2n) is 5.62. The topological polar surface area (TPSA) is 54.5 Å². The van der Waals surface area contributed by atoms with Gasteiger partial charge >= 0.3 is 0 Å². The van der Waals surface area contributed by atoms with E-state index in [-0.39, 0.29) is 11.7 Å². The third kappa shape index (κ3) is 3.39. The Morgan fingerprint density at radius 2 is 2.14 bits per heavy atom. The van der Waals surface area contributed by atoms with Crippen LogP contribution in [0.25, 0.3) is 0 Å². The molecule has 1 amide bonds. The summed E-state index contributed by atoms with van der Waals surface area (Å²) in [5, 5.41) is 2.06. The molecule has 0 spiro atoms. The van der Waals surface area contributed by atoms with Crippen molar-refractivity contribution >= 4 is 27.1 Å². The highest BCUT2D eigenvalue weighted by Crippen LogP contribution is 2.25. The molecule has 0 saturated heterocycles. The molecule has 2 aromatic rings. The molecule has 116 valence electrons. The van der Waals surface area contributed by atoms with Crippen LogP contribution in [0.3, 0.4) is 0 Å². The van der Waals surface area contributed by atoms with E-state index in [4.69, 9.17) is 0 Å². The Morgan fingerprint density at radius 3 is 2.91 bits per heavy atom. The lowest BCUT2D eigenvalue weighted by Gasteiger charge is -2.27. The molecular formula is C16H17NO3S2. The standard InChI is InChI=1S/C16H17NO3S2/c1-22(19,20)11-12-3-2-4-13(9-12)16(18)17-7-5-15-14(10-17)6-8-21-15/h2-4,6,8-9H,5,7,10-11H2,1H3. The summed E-state index contributed by atoms with van der Waals surface area (Å²) in [6.45, 7) is 1.34. The Kier molecular flexibility index (Phi) is 4.06. The van der Waals surface area contributed by atoms with Crippen LogP contribution in [0.15, 0.2) is 35.7 Å². The van der Waals surface area contributed by atoms with E-state index in [1.165, 1.54) is 16.7 Å². The normalized spacial score (nSPS) is 14.7. The highest BCUT2D eigenvalue weighted by molar-refractivity contribution is 7.89. The number of amides is 1. The molecule has 6 heteroatoms. The van der Waals surface area contributed by atoms with Crippen LogP contribution in [0.1, 0.15) is 26.4 Å². The average molecular weight is 335 g/mol. The molecule has 3 rings (SSSR count). The summed E-state index contributed by atoms with van der Waals surface area (Å²) in [5.74, 6) is -0.0739. The van der Waals surface area contributed by atoms with Crippen LogP contribution in [0.2, 0.25) is 0 Å². The highest BCUT2D eigenvalue weighted by atomic mass is 32.2. The van der Waals surface area contributed by atoms with Gasteiger partial charge in [-0.2, -0.15) is 0 Å². The third-order valence-corrected chi connectivity index (χ3v) is 5.58. The Hall–Kier alpha value is -1.66. The molecule has 22 heavy (non-hydrogen) atoms. The van der Waals surface area contributed by atoms with Gasteiger partial charge in [0, 0.05) is 29.8 Å². The van der Waals surface area contributed by atoms with Crippen LogP contribution in [-0.2, 0) is 28.6 Å². The molecule has 0 atom stereocenters. The third-order valence-electron chi connectivity index (χ3n) is 3.70. The Bertz CT molecular complexity index is 808. The zero-order valence-corrected chi connectivity index (χ0v) is 13.9. The highest BCUT2D eigenvalue weighted by Gasteiger charge is 2.22. The first-order chi connectivity index (χ1) is 10.4.